The molecule has 0 rings (SSSR count). The molecule has 0 spiro atoms. The van der Waals surface area contributed by atoms with Crippen molar-refractivity contribution in [1.29, 1.82) is 0 Å². The number of hydrogen-bond donors (Lipinski definition) is 6. The quantitative estimate of drug-likeness (QED) is 0.139. The van der Waals surface area contributed by atoms with Gasteiger partial charge in [-0.05, 0) is 73.7 Å². The van der Waals surface area contributed by atoms with Gasteiger partial charge in [-0.2, -0.15) is 47.0 Å². The SMILES string of the molecule is CSCC[C@H](NC(=O)[C@@H](N)CCSC)C(=O)O.CSCC[C@H](NC(=O)[C@@H](N)CCSC)C(=O)O. The molecule has 0 aromatic carbocycles. The number of nitrogens with two attached hydrogens (primary N) is 2. The zero-order chi connectivity index (χ0) is 26.5. The topological polar surface area (TPSA) is 185 Å². The van der Waals surface area contributed by atoms with Crippen LogP contribution in [0.2, 0.25) is 0 Å². The van der Waals surface area contributed by atoms with Crippen LogP contribution >= 0.6 is 47.0 Å². The van der Waals surface area contributed by atoms with Crippen molar-refractivity contribution in [3.05, 3.63) is 0 Å². The largest absolute Gasteiger partial charge is 0.480 e. The summed E-state index contributed by atoms with van der Waals surface area (Å²) in [6.07, 6.45) is 9.60. The predicted molar refractivity (Wildman–Crippen MR) is 147 cm³/mol. The van der Waals surface area contributed by atoms with Gasteiger partial charge in [0.15, 0.2) is 0 Å². The van der Waals surface area contributed by atoms with Crippen molar-refractivity contribution in [2.45, 2.75) is 49.9 Å². The molecule has 0 aliphatic carbocycles. The molecule has 0 aromatic heterocycles. The lowest BCUT2D eigenvalue weighted by Gasteiger charge is -2.17. The summed E-state index contributed by atoms with van der Waals surface area (Å²) in [5, 5.41) is 22.8. The number of aliphatic carboxylic acids is 2. The average Bonchev–Trinajstić information content (AvgIpc) is 2.80. The summed E-state index contributed by atoms with van der Waals surface area (Å²) in [6.45, 7) is 0. The van der Waals surface area contributed by atoms with Gasteiger partial charge in [-0.15, -0.1) is 0 Å². The van der Waals surface area contributed by atoms with E-state index in [1.807, 2.05) is 25.0 Å². The molecular weight excluding hydrogens is 521 g/mol. The zero-order valence-electron chi connectivity index (χ0n) is 20.3. The van der Waals surface area contributed by atoms with E-state index in [4.69, 9.17) is 21.7 Å². The highest BCUT2D eigenvalue weighted by atomic mass is 32.2. The van der Waals surface area contributed by atoms with Crippen LogP contribution in [-0.2, 0) is 19.2 Å². The summed E-state index contributed by atoms with van der Waals surface area (Å²) in [5.41, 5.74) is 11.3. The summed E-state index contributed by atoms with van der Waals surface area (Å²) in [5.74, 6) is 0.178. The van der Waals surface area contributed by atoms with Crippen molar-refractivity contribution >= 4 is 70.8 Å². The lowest BCUT2D eigenvalue weighted by atomic mass is 10.2. The van der Waals surface area contributed by atoms with Crippen LogP contribution in [-0.4, -0.2) is 106 Å². The number of carbonyl (C=O) groups is 4. The highest BCUT2D eigenvalue weighted by Crippen LogP contribution is 2.04. The van der Waals surface area contributed by atoms with Gasteiger partial charge in [-0.25, -0.2) is 9.59 Å². The van der Waals surface area contributed by atoms with Crippen LogP contribution < -0.4 is 22.1 Å². The first-order chi connectivity index (χ1) is 16.0. The van der Waals surface area contributed by atoms with Crippen molar-refractivity contribution in [3.63, 3.8) is 0 Å². The average molecular weight is 561 g/mol. The normalized spacial score (nSPS) is 14.1. The van der Waals surface area contributed by atoms with Gasteiger partial charge >= 0.3 is 11.9 Å². The van der Waals surface area contributed by atoms with E-state index in [1.165, 1.54) is 0 Å². The number of hydrogen-bond acceptors (Lipinski definition) is 10. The van der Waals surface area contributed by atoms with Crippen LogP contribution in [0.15, 0.2) is 0 Å². The highest BCUT2D eigenvalue weighted by Gasteiger charge is 2.23. The van der Waals surface area contributed by atoms with Gasteiger partial charge in [-0.1, -0.05) is 0 Å². The number of amides is 2. The van der Waals surface area contributed by atoms with Crippen molar-refractivity contribution in [2.75, 3.05) is 48.0 Å². The number of thioether (sulfide) groups is 4. The molecule has 8 N–H and O–H groups in total. The third-order valence-electron chi connectivity index (χ3n) is 4.39. The number of carbonyl (C=O) groups excluding carboxylic acids is 2. The molecule has 200 valence electrons. The molecule has 0 saturated carbocycles. The first-order valence-electron chi connectivity index (χ1n) is 10.6. The lowest BCUT2D eigenvalue weighted by Crippen LogP contribution is -2.48. The van der Waals surface area contributed by atoms with Gasteiger partial charge in [-0.3, -0.25) is 9.59 Å². The molecule has 0 heterocycles. The Morgan fingerprint density at radius 2 is 0.882 bits per heavy atom. The molecule has 0 aliphatic rings. The number of rotatable bonds is 18. The smallest absolute Gasteiger partial charge is 0.326 e. The fourth-order valence-corrected chi connectivity index (χ4v) is 4.22. The van der Waals surface area contributed by atoms with Crippen LogP contribution in [0.4, 0.5) is 0 Å². The maximum absolute atomic E-state index is 11.6. The molecule has 0 radical (unpaired) electrons. The monoisotopic (exact) mass is 560 g/mol. The number of carboxylic acid groups (broad SMARTS) is 2. The molecule has 0 unspecified atom stereocenters. The van der Waals surface area contributed by atoms with Gasteiger partial charge in [0.1, 0.15) is 12.1 Å². The minimum atomic E-state index is -1.01. The summed E-state index contributed by atoms with van der Waals surface area (Å²) in [6, 6.07) is -2.93. The molecule has 34 heavy (non-hydrogen) atoms. The van der Waals surface area contributed by atoms with Gasteiger partial charge in [0, 0.05) is 0 Å². The molecule has 2 amide bonds. The second-order valence-electron chi connectivity index (χ2n) is 7.14. The van der Waals surface area contributed by atoms with Crippen molar-refractivity contribution in [2.24, 2.45) is 11.5 Å². The van der Waals surface area contributed by atoms with E-state index in [0.29, 0.717) is 37.2 Å². The molecule has 0 bridgehead atoms. The molecule has 0 aliphatic heterocycles. The Bertz CT molecular complexity index is 553. The Morgan fingerprint density at radius 1 is 0.618 bits per heavy atom. The van der Waals surface area contributed by atoms with E-state index in [2.05, 4.69) is 10.6 Å². The minimum absolute atomic E-state index is 0.382. The summed E-state index contributed by atoms with van der Waals surface area (Å²) in [4.78, 5) is 45.0. The third kappa shape index (κ3) is 18.5. The van der Waals surface area contributed by atoms with Gasteiger partial charge in [0.05, 0.1) is 12.1 Å². The Kier molecular flexibility index (Phi) is 23.6. The maximum atomic E-state index is 11.6. The van der Waals surface area contributed by atoms with Gasteiger partial charge in [0.25, 0.3) is 0 Å². The second kappa shape index (κ2) is 22.7. The maximum Gasteiger partial charge on any atom is 0.326 e. The van der Waals surface area contributed by atoms with Gasteiger partial charge < -0.3 is 32.3 Å². The Morgan fingerprint density at radius 3 is 1.12 bits per heavy atom. The van der Waals surface area contributed by atoms with Crippen LogP contribution in [0, 0.1) is 0 Å². The Labute approximate surface area is 219 Å². The second-order valence-corrected chi connectivity index (χ2v) is 11.1. The van der Waals surface area contributed by atoms with Crippen molar-refractivity contribution in [1.82, 2.24) is 10.6 Å². The molecule has 0 saturated heterocycles. The predicted octanol–water partition coefficient (Wildman–Crippen LogP) is 0.779. The first-order valence-corrected chi connectivity index (χ1v) is 16.2. The molecule has 10 nitrogen and oxygen atoms in total. The standard InChI is InChI=1S/2C10H20N2O3S2/c2*1-16-5-3-7(11)9(13)12-8(10(14)15)4-6-17-2/h2*7-8H,3-6,11H2,1-2H3,(H,12,13)(H,14,15)/t2*7-,8-/m00/s1. The van der Waals surface area contributed by atoms with E-state index in [1.54, 1.807) is 47.0 Å². The third-order valence-corrected chi connectivity index (χ3v) is 6.97. The number of carboxylic acids is 2. The Hall–Kier alpha value is -0.800. The minimum Gasteiger partial charge on any atom is -0.480 e. The lowest BCUT2D eigenvalue weighted by molar-refractivity contribution is -0.142. The van der Waals surface area contributed by atoms with Crippen molar-refractivity contribution in [3.8, 4) is 0 Å². The van der Waals surface area contributed by atoms with E-state index in [0.717, 1.165) is 11.5 Å². The summed E-state index contributed by atoms with van der Waals surface area (Å²) >= 11 is 6.31. The molecular formula is C20H40N4O6S4. The fourth-order valence-electron chi connectivity index (χ4n) is 2.30. The first kappa shape index (κ1) is 35.4. The van der Waals surface area contributed by atoms with Crippen LogP contribution in [0.3, 0.4) is 0 Å². The molecule has 0 fully saturated rings. The van der Waals surface area contributed by atoms with Crippen LogP contribution in [0.5, 0.6) is 0 Å². The van der Waals surface area contributed by atoms with E-state index in [-0.39, 0.29) is 11.8 Å². The Balaban J connectivity index is 0. The molecule has 4 atom stereocenters. The highest BCUT2D eigenvalue weighted by molar-refractivity contribution is 7.99. The summed E-state index contributed by atoms with van der Waals surface area (Å²) in [7, 11) is 0. The van der Waals surface area contributed by atoms with E-state index in [9.17, 15) is 19.2 Å². The zero-order valence-corrected chi connectivity index (χ0v) is 23.5. The number of nitrogens with one attached hydrogen (secondary N) is 2. The molecule has 0 aromatic rings. The molecule has 14 heteroatoms. The van der Waals surface area contributed by atoms with E-state index >= 15 is 0 Å². The van der Waals surface area contributed by atoms with Crippen LogP contribution in [0.1, 0.15) is 25.7 Å². The fraction of sp³-hybridized carbons (Fsp3) is 0.800. The summed E-state index contributed by atoms with van der Waals surface area (Å²) < 4.78 is 0. The van der Waals surface area contributed by atoms with Crippen molar-refractivity contribution < 1.29 is 29.4 Å². The van der Waals surface area contributed by atoms with E-state index < -0.39 is 36.1 Å². The van der Waals surface area contributed by atoms with Crippen LogP contribution in [0.25, 0.3) is 0 Å². The van der Waals surface area contributed by atoms with Gasteiger partial charge in [0.2, 0.25) is 11.8 Å².